The van der Waals surface area contributed by atoms with E-state index in [2.05, 4.69) is 29.8 Å². The molecule has 2 aromatic carbocycles. The first-order valence-electron chi connectivity index (χ1n) is 19.6. The highest BCUT2D eigenvalue weighted by molar-refractivity contribution is 5.94. The van der Waals surface area contributed by atoms with Crippen LogP contribution in [0.3, 0.4) is 0 Å². The van der Waals surface area contributed by atoms with Gasteiger partial charge in [-0.3, -0.25) is 15.4 Å². The molecule has 0 aliphatic heterocycles. The van der Waals surface area contributed by atoms with Gasteiger partial charge >= 0.3 is 12.2 Å². The molecule has 0 fully saturated rings. The van der Waals surface area contributed by atoms with Gasteiger partial charge in [-0.15, -0.1) is 0 Å². The molecule has 0 spiro atoms. The van der Waals surface area contributed by atoms with Gasteiger partial charge in [0.15, 0.2) is 0 Å². The lowest BCUT2D eigenvalue weighted by molar-refractivity contribution is -0.124. The van der Waals surface area contributed by atoms with Gasteiger partial charge in [0.1, 0.15) is 11.9 Å². The third kappa shape index (κ3) is 17.6. The van der Waals surface area contributed by atoms with Crippen molar-refractivity contribution in [1.29, 1.82) is 0 Å². The topological polar surface area (TPSA) is 157 Å². The Labute approximate surface area is 312 Å². The first kappa shape index (κ1) is 44.4. The SMILES string of the molecule is CC(C)C(C=O)NCCCCCCCCCCCCCC[C@@H](Cc1ccccc1)C(Cc1ccccc1)(NC(=O)O)N[C@H](C(=O)NC(=O)O)C(C)C. The van der Waals surface area contributed by atoms with E-state index in [-0.39, 0.29) is 24.3 Å². The van der Waals surface area contributed by atoms with Crippen molar-refractivity contribution in [1.82, 2.24) is 21.3 Å². The highest BCUT2D eigenvalue weighted by Crippen LogP contribution is 2.31. The largest absolute Gasteiger partial charge is 0.465 e. The van der Waals surface area contributed by atoms with Crippen LogP contribution in [0.4, 0.5) is 9.59 Å². The van der Waals surface area contributed by atoms with Crippen LogP contribution >= 0.6 is 0 Å². The van der Waals surface area contributed by atoms with Crippen molar-refractivity contribution < 1.29 is 29.4 Å². The predicted molar refractivity (Wildman–Crippen MR) is 208 cm³/mol. The van der Waals surface area contributed by atoms with Crippen LogP contribution in [-0.2, 0) is 22.4 Å². The maximum absolute atomic E-state index is 13.2. The smallest absolute Gasteiger partial charge is 0.411 e. The summed E-state index contributed by atoms with van der Waals surface area (Å²) in [7, 11) is 0. The molecule has 3 amide bonds. The Balaban J connectivity index is 2.02. The molecule has 2 unspecified atom stereocenters. The molecule has 10 nitrogen and oxygen atoms in total. The molecule has 2 aromatic rings. The zero-order valence-electron chi connectivity index (χ0n) is 32.1. The van der Waals surface area contributed by atoms with Crippen molar-refractivity contribution in [3.05, 3.63) is 71.8 Å². The van der Waals surface area contributed by atoms with E-state index in [4.69, 9.17) is 0 Å². The fourth-order valence-corrected chi connectivity index (χ4v) is 7.01. The number of imide groups is 1. The Hall–Kier alpha value is -3.76. The molecule has 2 rings (SSSR count). The second-order valence-electron chi connectivity index (χ2n) is 15.0. The molecule has 6 N–H and O–H groups in total. The van der Waals surface area contributed by atoms with E-state index < -0.39 is 29.8 Å². The standard InChI is InChI=1S/C42H66N4O6/c1-32(2)37(31-47)43-28-22-14-12-10-8-6-5-7-9-11-13-21-27-36(29-34-23-17-15-18-24-34)42(46-41(51)52,30-35-25-19-16-20-26-35)45-38(33(3)4)39(48)44-40(49)50/h15-20,23-26,31-33,36-38,43,45-46H,5-14,21-22,27-30H2,1-4H3,(H,44,48)(H,49,50)(H,51,52)/t36-,37?,38-,42?/m0/s1. The maximum Gasteiger partial charge on any atom is 0.411 e. The van der Waals surface area contributed by atoms with Gasteiger partial charge in [-0.05, 0) is 54.7 Å². The van der Waals surface area contributed by atoms with Crippen LogP contribution in [0.15, 0.2) is 60.7 Å². The lowest BCUT2D eigenvalue weighted by Gasteiger charge is -2.45. The number of carbonyl (C=O) groups is 4. The molecule has 290 valence electrons. The summed E-state index contributed by atoms with van der Waals surface area (Å²) in [5, 5.41) is 31.2. The minimum absolute atomic E-state index is 0.0427. The van der Waals surface area contributed by atoms with Gasteiger partial charge in [0.2, 0.25) is 5.91 Å². The lowest BCUT2D eigenvalue weighted by atomic mass is 9.78. The molecule has 0 saturated heterocycles. The van der Waals surface area contributed by atoms with E-state index >= 15 is 0 Å². The maximum atomic E-state index is 13.2. The summed E-state index contributed by atoms with van der Waals surface area (Å²) in [6, 6.07) is 18.6. The summed E-state index contributed by atoms with van der Waals surface area (Å²) in [6.07, 6.45) is 13.8. The molecule has 0 aliphatic rings. The summed E-state index contributed by atoms with van der Waals surface area (Å²) in [6.45, 7) is 8.66. The Morgan fingerprint density at radius 1 is 0.673 bits per heavy atom. The summed E-state index contributed by atoms with van der Waals surface area (Å²) < 4.78 is 0. The Morgan fingerprint density at radius 2 is 1.17 bits per heavy atom. The van der Waals surface area contributed by atoms with Crippen LogP contribution in [0.5, 0.6) is 0 Å². The number of aldehydes is 1. The van der Waals surface area contributed by atoms with E-state index in [1.165, 1.54) is 44.9 Å². The second-order valence-corrected chi connectivity index (χ2v) is 15.0. The Bertz CT molecular complexity index is 1290. The van der Waals surface area contributed by atoms with Crippen LogP contribution < -0.4 is 21.3 Å². The van der Waals surface area contributed by atoms with Gasteiger partial charge in [-0.2, -0.15) is 0 Å². The third-order valence-corrected chi connectivity index (χ3v) is 9.99. The molecule has 0 aliphatic carbocycles. The molecule has 0 bridgehead atoms. The number of benzene rings is 2. The number of hydrogen-bond donors (Lipinski definition) is 6. The number of carbonyl (C=O) groups excluding carboxylic acids is 2. The van der Waals surface area contributed by atoms with Gasteiger partial charge in [0, 0.05) is 6.42 Å². The molecule has 10 heteroatoms. The van der Waals surface area contributed by atoms with E-state index in [1.54, 1.807) is 0 Å². The quantitative estimate of drug-likeness (QED) is 0.0291. The van der Waals surface area contributed by atoms with E-state index in [0.717, 1.165) is 56.1 Å². The first-order chi connectivity index (χ1) is 25.0. The van der Waals surface area contributed by atoms with Crippen molar-refractivity contribution >= 4 is 24.4 Å². The van der Waals surface area contributed by atoms with Crippen molar-refractivity contribution in [2.45, 2.75) is 142 Å². The first-order valence-corrected chi connectivity index (χ1v) is 19.6. The monoisotopic (exact) mass is 722 g/mol. The van der Waals surface area contributed by atoms with Crippen LogP contribution in [0, 0.1) is 17.8 Å². The summed E-state index contributed by atoms with van der Waals surface area (Å²) >= 11 is 0. The van der Waals surface area contributed by atoms with E-state index in [0.29, 0.717) is 18.8 Å². The lowest BCUT2D eigenvalue weighted by Crippen LogP contribution is -2.70. The molecule has 4 atom stereocenters. The van der Waals surface area contributed by atoms with Gasteiger partial charge < -0.3 is 25.6 Å². The molecule has 0 aromatic heterocycles. The zero-order chi connectivity index (χ0) is 38.2. The van der Waals surface area contributed by atoms with Crippen LogP contribution in [0.25, 0.3) is 0 Å². The minimum Gasteiger partial charge on any atom is -0.465 e. The van der Waals surface area contributed by atoms with E-state index in [1.807, 2.05) is 79.8 Å². The molecule has 0 saturated carbocycles. The molecule has 0 radical (unpaired) electrons. The molecular formula is C42H66N4O6. The Kier molecular flexibility index (Phi) is 21.6. The van der Waals surface area contributed by atoms with Gasteiger partial charge in [0.05, 0.1) is 12.1 Å². The fraction of sp³-hybridized carbons (Fsp3) is 0.619. The highest BCUT2D eigenvalue weighted by Gasteiger charge is 2.44. The molecule has 0 heterocycles. The van der Waals surface area contributed by atoms with Gasteiger partial charge in [0.25, 0.3) is 0 Å². The second kappa shape index (κ2) is 25.3. The summed E-state index contributed by atoms with van der Waals surface area (Å²) in [5.74, 6) is -0.957. The third-order valence-electron chi connectivity index (χ3n) is 9.99. The number of hydrogen-bond acceptors (Lipinski definition) is 6. The van der Waals surface area contributed by atoms with Crippen LogP contribution in [-0.4, -0.2) is 58.9 Å². The number of nitrogens with one attached hydrogen (secondary N) is 4. The van der Waals surface area contributed by atoms with Gasteiger partial charge in [-0.25, -0.2) is 9.59 Å². The average Bonchev–Trinajstić information content (AvgIpc) is 3.09. The van der Waals surface area contributed by atoms with Crippen molar-refractivity contribution in [3.8, 4) is 0 Å². The predicted octanol–water partition coefficient (Wildman–Crippen LogP) is 8.34. The number of rotatable bonds is 28. The Morgan fingerprint density at radius 3 is 1.63 bits per heavy atom. The normalized spacial score (nSPS) is 14.3. The van der Waals surface area contributed by atoms with Crippen molar-refractivity contribution in [3.63, 3.8) is 0 Å². The highest BCUT2D eigenvalue weighted by atomic mass is 16.4. The molecule has 52 heavy (non-hydrogen) atoms. The summed E-state index contributed by atoms with van der Waals surface area (Å²) in [4.78, 5) is 48.3. The summed E-state index contributed by atoms with van der Waals surface area (Å²) in [5.41, 5.74) is 0.690. The number of unbranched alkanes of at least 4 members (excludes halogenated alkanes) is 11. The van der Waals surface area contributed by atoms with Crippen molar-refractivity contribution in [2.75, 3.05) is 6.54 Å². The van der Waals surface area contributed by atoms with Crippen LogP contribution in [0.1, 0.15) is 122 Å². The number of carboxylic acid groups (broad SMARTS) is 2. The zero-order valence-corrected chi connectivity index (χ0v) is 32.1. The fourth-order valence-electron chi connectivity index (χ4n) is 7.01. The average molecular weight is 723 g/mol. The molecular weight excluding hydrogens is 656 g/mol. The van der Waals surface area contributed by atoms with E-state index in [9.17, 15) is 29.4 Å². The minimum atomic E-state index is -1.45. The van der Waals surface area contributed by atoms with Crippen molar-refractivity contribution in [2.24, 2.45) is 17.8 Å². The number of amides is 3. The van der Waals surface area contributed by atoms with Gasteiger partial charge in [-0.1, -0.05) is 159 Å². The van der Waals surface area contributed by atoms with Crippen LogP contribution in [0.2, 0.25) is 0 Å².